The monoisotopic (exact) mass is 449 g/mol. The van der Waals surface area contributed by atoms with E-state index in [1.54, 1.807) is 36.4 Å². The van der Waals surface area contributed by atoms with E-state index in [-0.39, 0.29) is 23.1 Å². The number of methoxy groups -OCH3 is 1. The van der Waals surface area contributed by atoms with E-state index in [9.17, 15) is 9.18 Å². The summed E-state index contributed by atoms with van der Waals surface area (Å²) in [5, 5.41) is 0.283. The molecule has 0 N–H and O–H groups in total. The third-order valence-electron chi connectivity index (χ3n) is 4.10. The molecule has 0 saturated carbocycles. The van der Waals surface area contributed by atoms with Gasteiger partial charge in [0, 0.05) is 12.1 Å². The molecule has 2 aromatic carbocycles. The fourth-order valence-electron chi connectivity index (χ4n) is 2.65. The Bertz CT molecular complexity index is 989. The van der Waals surface area contributed by atoms with Crippen LogP contribution in [0.2, 0.25) is 5.02 Å². The Balaban J connectivity index is 1.85. The van der Waals surface area contributed by atoms with Gasteiger partial charge in [0.15, 0.2) is 11.5 Å². The van der Waals surface area contributed by atoms with Crippen molar-refractivity contribution in [3.05, 3.63) is 75.9 Å². The van der Waals surface area contributed by atoms with Crippen LogP contribution in [0, 0.1) is 5.82 Å². The smallest absolute Gasteiger partial charge is 0.266 e. The Kier molecular flexibility index (Phi) is 6.95. The Labute approximate surface area is 182 Å². The van der Waals surface area contributed by atoms with Crippen molar-refractivity contribution in [1.29, 1.82) is 0 Å². The predicted octanol–water partition coefficient (Wildman–Crippen LogP) is 5.45. The van der Waals surface area contributed by atoms with Gasteiger partial charge in [0.25, 0.3) is 5.91 Å². The van der Waals surface area contributed by atoms with E-state index in [1.165, 1.54) is 35.9 Å². The van der Waals surface area contributed by atoms with Crippen LogP contribution in [-0.2, 0) is 11.4 Å². The summed E-state index contributed by atoms with van der Waals surface area (Å²) in [4.78, 5) is 14.5. The lowest BCUT2D eigenvalue weighted by Gasteiger charge is -2.13. The summed E-state index contributed by atoms with van der Waals surface area (Å²) in [5.41, 5.74) is 0.978. The highest BCUT2D eigenvalue weighted by atomic mass is 35.5. The summed E-state index contributed by atoms with van der Waals surface area (Å²) in [7, 11) is 1.51. The molecule has 1 saturated heterocycles. The first-order valence-corrected chi connectivity index (χ1v) is 10.1. The molecule has 3 rings (SSSR count). The standard InChI is InChI=1S/C21H17ClFNO3S2/c1-3-9-24-20(25)19(29-21(24)28)11-13-7-8-17(26-2)18(10-13)27-12-14-15(22)5-4-6-16(14)23/h3-8,10-11H,1,9,12H2,2H3. The van der Waals surface area contributed by atoms with Crippen molar-refractivity contribution in [2.45, 2.75) is 6.61 Å². The van der Waals surface area contributed by atoms with Gasteiger partial charge in [-0.05, 0) is 35.9 Å². The molecule has 4 nitrogen and oxygen atoms in total. The highest BCUT2D eigenvalue weighted by Crippen LogP contribution is 2.35. The molecule has 1 fully saturated rings. The van der Waals surface area contributed by atoms with Crippen molar-refractivity contribution >= 4 is 51.9 Å². The number of hydrogen-bond donors (Lipinski definition) is 0. The summed E-state index contributed by atoms with van der Waals surface area (Å²) in [6.45, 7) is 3.94. The van der Waals surface area contributed by atoms with Crippen LogP contribution in [0.1, 0.15) is 11.1 Å². The van der Waals surface area contributed by atoms with Crippen molar-refractivity contribution in [3.8, 4) is 11.5 Å². The third-order valence-corrected chi connectivity index (χ3v) is 5.84. The number of carbonyl (C=O) groups excluding carboxylic acids is 1. The number of benzene rings is 2. The van der Waals surface area contributed by atoms with Gasteiger partial charge in [-0.3, -0.25) is 9.69 Å². The summed E-state index contributed by atoms with van der Waals surface area (Å²) in [6.07, 6.45) is 3.35. The molecule has 0 aliphatic carbocycles. The SMILES string of the molecule is C=CCN1C(=O)C(=Cc2ccc(OC)c(OCc3c(F)cccc3Cl)c2)SC1=S. The van der Waals surface area contributed by atoms with Crippen molar-refractivity contribution in [2.24, 2.45) is 0 Å². The first kappa shape index (κ1) is 21.4. The molecular formula is C21H17ClFNO3S2. The van der Waals surface area contributed by atoms with E-state index in [2.05, 4.69) is 6.58 Å². The number of carbonyl (C=O) groups is 1. The number of amides is 1. The lowest BCUT2D eigenvalue weighted by Crippen LogP contribution is -2.27. The third kappa shape index (κ3) is 4.80. The first-order chi connectivity index (χ1) is 13.9. The van der Waals surface area contributed by atoms with Gasteiger partial charge >= 0.3 is 0 Å². The average Bonchev–Trinajstić information content (AvgIpc) is 2.95. The zero-order chi connectivity index (χ0) is 21.0. The van der Waals surface area contributed by atoms with E-state index < -0.39 is 5.82 Å². The minimum atomic E-state index is -0.446. The Morgan fingerprint density at radius 1 is 1.31 bits per heavy atom. The molecule has 0 unspecified atom stereocenters. The maximum absolute atomic E-state index is 14.0. The molecular weight excluding hydrogens is 433 g/mol. The van der Waals surface area contributed by atoms with Crippen LogP contribution in [-0.4, -0.2) is 28.8 Å². The van der Waals surface area contributed by atoms with Gasteiger partial charge in [-0.15, -0.1) is 6.58 Å². The number of thioether (sulfide) groups is 1. The molecule has 0 atom stereocenters. The minimum absolute atomic E-state index is 0.0627. The second-order valence-electron chi connectivity index (χ2n) is 5.98. The maximum Gasteiger partial charge on any atom is 0.266 e. The lowest BCUT2D eigenvalue weighted by atomic mass is 10.1. The van der Waals surface area contributed by atoms with E-state index in [0.717, 1.165) is 5.56 Å². The van der Waals surface area contributed by atoms with Crippen LogP contribution >= 0.6 is 35.6 Å². The number of ether oxygens (including phenoxy) is 2. The van der Waals surface area contributed by atoms with E-state index in [4.69, 9.17) is 33.3 Å². The fourth-order valence-corrected chi connectivity index (χ4v) is 4.15. The topological polar surface area (TPSA) is 38.8 Å². The van der Waals surface area contributed by atoms with Gasteiger partial charge in [0.2, 0.25) is 0 Å². The van der Waals surface area contributed by atoms with Crippen LogP contribution in [0.4, 0.5) is 4.39 Å². The number of hydrogen-bond acceptors (Lipinski definition) is 5. The maximum atomic E-state index is 14.0. The van der Waals surface area contributed by atoms with Gasteiger partial charge in [0.05, 0.1) is 17.0 Å². The highest BCUT2D eigenvalue weighted by Gasteiger charge is 2.31. The van der Waals surface area contributed by atoms with Crippen LogP contribution in [0.5, 0.6) is 11.5 Å². The van der Waals surface area contributed by atoms with Gasteiger partial charge in [-0.1, -0.05) is 53.8 Å². The van der Waals surface area contributed by atoms with Gasteiger partial charge in [0.1, 0.15) is 16.7 Å². The molecule has 0 bridgehead atoms. The van der Waals surface area contributed by atoms with Crippen LogP contribution in [0.3, 0.4) is 0 Å². The molecule has 0 aromatic heterocycles. The molecule has 2 aromatic rings. The lowest BCUT2D eigenvalue weighted by molar-refractivity contribution is -0.121. The van der Waals surface area contributed by atoms with Crippen molar-refractivity contribution in [1.82, 2.24) is 4.90 Å². The zero-order valence-corrected chi connectivity index (χ0v) is 17.9. The molecule has 0 radical (unpaired) electrons. The Morgan fingerprint density at radius 3 is 2.79 bits per heavy atom. The summed E-state index contributed by atoms with van der Waals surface area (Å²) in [6, 6.07) is 9.68. The molecule has 150 valence electrons. The fraction of sp³-hybridized carbons (Fsp3) is 0.143. The van der Waals surface area contributed by atoms with E-state index >= 15 is 0 Å². The molecule has 1 aliphatic rings. The van der Waals surface area contributed by atoms with Crippen LogP contribution < -0.4 is 9.47 Å². The molecule has 1 heterocycles. The zero-order valence-electron chi connectivity index (χ0n) is 15.5. The summed E-state index contributed by atoms with van der Waals surface area (Å²) in [5.74, 6) is 0.269. The first-order valence-electron chi connectivity index (χ1n) is 8.54. The number of halogens is 2. The molecule has 0 spiro atoms. The average molecular weight is 450 g/mol. The molecule has 1 aliphatic heterocycles. The number of thiocarbonyl (C=S) groups is 1. The van der Waals surface area contributed by atoms with Gasteiger partial charge in [-0.25, -0.2) is 4.39 Å². The summed E-state index contributed by atoms with van der Waals surface area (Å²) >= 11 is 12.5. The largest absolute Gasteiger partial charge is 0.493 e. The second kappa shape index (κ2) is 9.43. The summed E-state index contributed by atoms with van der Waals surface area (Å²) < 4.78 is 25.6. The van der Waals surface area contributed by atoms with Gasteiger partial charge in [-0.2, -0.15) is 0 Å². The second-order valence-corrected chi connectivity index (χ2v) is 8.06. The molecule has 29 heavy (non-hydrogen) atoms. The van der Waals surface area contributed by atoms with E-state index in [0.29, 0.717) is 27.3 Å². The Morgan fingerprint density at radius 2 is 2.10 bits per heavy atom. The highest BCUT2D eigenvalue weighted by molar-refractivity contribution is 8.26. The van der Waals surface area contributed by atoms with Crippen molar-refractivity contribution in [3.63, 3.8) is 0 Å². The Hall–Kier alpha value is -2.35. The van der Waals surface area contributed by atoms with Crippen LogP contribution in [0.15, 0.2) is 54.0 Å². The molecule has 8 heteroatoms. The normalized spacial score (nSPS) is 15.1. The van der Waals surface area contributed by atoms with Crippen molar-refractivity contribution in [2.75, 3.05) is 13.7 Å². The van der Waals surface area contributed by atoms with Crippen molar-refractivity contribution < 1.29 is 18.7 Å². The predicted molar refractivity (Wildman–Crippen MR) is 119 cm³/mol. The molecule has 1 amide bonds. The van der Waals surface area contributed by atoms with Crippen LogP contribution in [0.25, 0.3) is 6.08 Å². The minimum Gasteiger partial charge on any atom is -0.493 e. The van der Waals surface area contributed by atoms with Gasteiger partial charge < -0.3 is 9.47 Å². The quantitative estimate of drug-likeness (QED) is 0.319. The van der Waals surface area contributed by atoms with E-state index in [1.807, 2.05) is 0 Å². The number of rotatable bonds is 7. The number of nitrogens with zero attached hydrogens (tertiary/aromatic N) is 1.